The van der Waals surface area contributed by atoms with Crippen LogP contribution in [0.4, 0.5) is 11.4 Å². The zero-order valence-electron chi connectivity index (χ0n) is 7.13. The van der Waals surface area contributed by atoms with Gasteiger partial charge in [-0.25, -0.2) is 0 Å². The predicted molar refractivity (Wildman–Crippen MR) is 50.1 cm³/mol. The summed E-state index contributed by atoms with van der Waals surface area (Å²) in [4.78, 5) is 20.6. The molecule has 0 heterocycles. The summed E-state index contributed by atoms with van der Waals surface area (Å²) in [6.45, 7) is 1.44. The third kappa shape index (κ3) is 2.94. The number of hydrogen-bond donors (Lipinski definition) is 2. The molecule has 4 heteroatoms. The topological polar surface area (TPSA) is 58.2 Å². The smallest absolute Gasteiger partial charge is 0.314 e. The third-order valence-corrected chi connectivity index (χ3v) is 1.40. The highest BCUT2D eigenvalue weighted by molar-refractivity contribution is 5.89. The molecule has 0 unspecified atom stereocenters. The van der Waals surface area contributed by atoms with Crippen LogP contribution in [0.2, 0.25) is 0 Å². The van der Waals surface area contributed by atoms with E-state index in [0.29, 0.717) is 11.4 Å². The Bertz CT molecular complexity index is 306. The van der Waals surface area contributed by atoms with Crippen LogP contribution in [-0.2, 0) is 9.59 Å². The number of hydrogen-bond acceptors (Lipinski definition) is 2. The van der Waals surface area contributed by atoms with Crippen LogP contribution in [0.15, 0.2) is 24.3 Å². The first-order chi connectivity index (χ1) is 6.22. The Hall–Kier alpha value is -1.84. The summed E-state index contributed by atoms with van der Waals surface area (Å²) in [7, 11) is 0. The van der Waals surface area contributed by atoms with Gasteiger partial charge < -0.3 is 10.6 Å². The van der Waals surface area contributed by atoms with Gasteiger partial charge in [0.15, 0.2) is 0 Å². The summed E-state index contributed by atoms with van der Waals surface area (Å²) < 4.78 is 0. The molecule has 1 aromatic rings. The minimum Gasteiger partial charge on any atom is -0.326 e. The first-order valence-electron chi connectivity index (χ1n) is 3.73. The first-order valence-corrected chi connectivity index (χ1v) is 3.73. The quantitative estimate of drug-likeness (QED) is 0.680. The van der Waals surface area contributed by atoms with Crippen molar-refractivity contribution in [1.82, 2.24) is 0 Å². The highest BCUT2D eigenvalue weighted by atomic mass is 16.1. The molecule has 0 saturated heterocycles. The number of carbonyl (C=O) groups is 1. The fourth-order valence-corrected chi connectivity index (χ4v) is 0.899. The van der Waals surface area contributed by atoms with Crippen LogP contribution in [0.5, 0.6) is 0 Å². The van der Waals surface area contributed by atoms with Gasteiger partial charge in [0.25, 0.3) is 0 Å². The molecular weight excluding hydrogens is 168 g/mol. The molecule has 2 amide bonds. The van der Waals surface area contributed by atoms with E-state index in [-0.39, 0.29) is 5.91 Å². The van der Waals surface area contributed by atoms with Crippen molar-refractivity contribution in [3.8, 4) is 0 Å². The predicted octanol–water partition coefficient (Wildman–Crippen LogP) is 1.12. The Balaban J connectivity index is 2.69. The minimum atomic E-state index is -0.123. The lowest BCUT2D eigenvalue weighted by atomic mass is 10.3. The molecule has 1 rings (SSSR count). The van der Waals surface area contributed by atoms with Crippen molar-refractivity contribution in [3.63, 3.8) is 0 Å². The van der Waals surface area contributed by atoms with Crippen LogP contribution in [-0.4, -0.2) is 12.3 Å². The second-order valence-corrected chi connectivity index (χ2v) is 2.49. The van der Waals surface area contributed by atoms with Gasteiger partial charge in [0.2, 0.25) is 5.91 Å². The van der Waals surface area contributed by atoms with E-state index in [1.165, 1.54) is 6.92 Å². The molecule has 1 aromatic carbocycles. The summed E-state index contributed by atoms with van der Waals surface area (Å²) in [5, 5.41) is 4.98. The summed E-state index contributed by atoms with van der Waals surface area (Å²) in [5.74, 6) is -0.123. The Morgan fingerprint density at radius 1 is 1.23 bits per heavy atom. The van der Waals surface area contributed by atoms with Gasteiger partial charge in [-0.3, -0.25) is 9.59 Å². The van der Waals surface area contributed by atoms with Gasteiger partial charge >= 0.3 is 6.41 Å². The van der Waals surface area contributed by atoms with Crippen LogP contribution in [0, 0.1) is 0 Å². The Kier molecular flexibility index (Phi) is 3.03. The fourth-order valence-electron chi connectivity index (χ4n) is 0.899. The summed E-state index contributed by atoms with van der Waals surface area (Å²) in [6, 6.07) is 6.74. The molecule has 0 fully saturated rings. The van der Waals surface area contributed by atoms with Crippen LogP contribution < -0.4 is 10.6 Å². The second kappa shape index (κ2) is 4.25. The molecule has 67 valence electrons. The maximum Gasteiger partial charge on any atom is 0.314 e. The van der Waals surface area contributed by atoms with E-state index < -0.39 is 0 Å². The van der Waals surface area contributed by atoms with Crippen molar-refractivity contribution in [2.45, 2.75) is 6.92 Å². The number of benzene rings is 1. The minimum absolute atomic E-state index is 0.123. The fraction of sp³-hybridized carbons (Fsp3) is 0.111. The average Bonchev–Trinajstić information content (AvgIpc) is 2.08. The lowest BCUT2D eigenvalue weighted by Gasteiger charge is -2.02. The maximum absolute atomic E-state index is 10.6. The van der Waals surface area contributed by atoms with E-state index >= 15 is 0 Å². The number of amides is 2. The van der Waals surface area contributed by atoms with Gasteiger partial charge in [0.1, 0.15) is 0 Å². The van der Waals surface area contributed by atoms with E-state index in [0.717, 1.165) is 0 Å². The third-order valence-electron chi connectivity index (χ3n) is 1.40. The van der Waals surface area contributed by atoms with Gasteiger partial charge in [-0.05, 0) is 24.3 Å². The zero-order chi connectivity index (χ0) is 9.68. The summed E-state index contributed by atoms with van der Waals surface area (Å²) in [6.07, 6.45) is 1.56. The number of rotatable bonds is 3. The van der Waals surface area contributed by atoms with Crippen molar-refractivity contribution in [2.24, 2.45) is 0 Å². The molecule has 0 saturated carbocycles. The molecule has 0 aromatic heterocycles. The van der Waals surface area contributed by atoms with Crippen LogP contribution in [0.1, 0.15) is 6.92 Å². The molecule has 0 bridgehead atoms. The Labute approximate surface area is 75.9 Å². The van der Waals surface area contributed by atoms with E-state index in [4.69, 9.17) is 0 Å². The van der Waals surface area contributed by atoms with E-state index in [1.807, 2.05) is 0 Å². The van der Waals surface area contributed by atoms with Crippen molar-refractivity contribution < 1.29 is 9.59 Å². The molecule has 4 nitrogen and oxygen atoms in total. The molecular formula is C9H9N2O2. The maximum atomic E-state index is 10.6. The normalized spacial score (nSPS) is 9.00. The monoisotopic (exact) mass is 177 g/mol. The lowest BCUT2D eigenvalue weighted by molar-refractivity contribution is -0.114. The summed E-state index contributed by atoms with van der Waals surface area (Å²) >= 11 is 0. The molecule has 0 aliphatic heterocycles. The largest absolute Gasteiger partial charge is 0.326 e. The van der Waals surface area contributed by atoms with Crippen LogP contribution in [0.25, 0.3) is 0 Å². The number of carbonyl (C=O) groups excluding carboxylic acids is 2. The van der Waals surface area contributed by atoms with Crippen molar-refractivity contribution in [1.29, 1.82) is 0 Å². The van der Waals surface area contributed by atoms with Crippen LogP contribution >= 0.6 is 0 Å². The van der Waals surface area contributed by atoms with Gasteiger partial charge in [-0.1, -0.05) is 0 Å². The molecule has 0 spiro atoms. The zero-order valence-corrected chi connectivity index (χ0v) is 7.13. The molecule has 0 atom stereocenters. The number of nitrogens with one attached hydrogen (secondary N) is 2. The highest BCUT2D eigenvalue weighted by Gasteiger charge is 1.94. The van der Waals surface area contributed by atoms with Crippen molar-refractivity contribution in [2.75, 3.05) is 10.6 Å². The summed E-state index contributed by atoms with van der Waals surface area (Å²) in [5.41, 5.74) is 1.34. The standard InChI is InChI=1S/C9H9N2O2/c1-7(13)11-9-4-2-8(3-5-9)10-6-12/h2-5H,1H3,(H,10,12)(H,11,13). The molecule has 13 heavy (non-hydrogen) atoms. The van der Waals surface area contributed by atoms with E-state index in [9.17, 15) is 9.59 Å². The Morgan fingerprint density at radius 2 is 1.77 bits per heavy atom. The van der Waals surface area contributed by atoms with Crippen molar-refractivity contribution in [3.05, 3.63) is 24.3 Å². The van der Waals surface area contributed by atoms with Gasteiger partial charge in [0, 0.05) is 18.3 Å². The molecule has 1 radical (unpaired) electrons. The van der Waals surface area contributed by atoms with Gasteiger partial charge in [-0.15, -0.1) is 0 Å². The average molecular weight is 177 g/mol. The van der Waals surface area contributed by atoms with Crippen LogP contribution in [0.3, 0.4) is 0 Å². The number of anilines is 2. The lowest BCUT2D eigenvalue weighted by Crippen LogP contribution is -2.05. The SMILES string of the molecule is CC(=O)Nc1ccc(N[C]=O)cc1. The van der Waals surface area contributed by atoms with Crippen molar-refractivity contribution >= 4 is 23.7 Å². The van der Waals surface area contributed by atoms with E-state index in [1.54, 1.807) is 30.7 Å². The molecule has 0 aliphatic carbocycles. The first kappa shape index (κ1) is 9.25. The van der Waals surface area contributed by atoms with E-state index in [2.05, 4.69) is 10.6 Å². The highest BCUT2D eigenvalue weighted by Crippen LogP contribution is 2.12. The van der Waals surface area contributed by atoms with Gasteiger partial charge in [0.05, 0.1) is 0 Å². The Morgan fingerprint density at radius 3 is 2.23 bits per heavy atom. The second-order valence-electron chi connectivity index (χ2n) is 2.49. The van der Waals surface area contributed by atoms with Gasteiger partial charge in [-0.2, -0.15) is 0 Å². The molecule has 2 N–H and O–H groups in total. The molecule has 0 aliphatic rings.